The molecule has 0 radical (unpaired) electrons. The largest absolute Gasteiger partial charge is 0.322 e. The van der Waals surface area contributed by atoms with Gasteiger partial charge in [0.25, 0.3) is 5.91 Å². The molecule has 0 unspecified atom stereocenters. The fourth-order valence-corrected chi connectivity index (χ4v) is 3.50. The van der Waals surface area contributed by atoms with E-state index in [4.69, 9.17) is 0 Å². The maximum atomic E-state index is 12.6. The molecular weight excluding hydrogens is 348 g/mol. The third kappa shape index (κ3) is 3.16. The van der Waals surface area contributed by atoms with Crippen LogP contribution in [0.25, 0.3) is 16.6 Å². The highest BCUT2D eigenvalue weighted by molar-refractivity contribution is 6.06. The Morgan fingerprint density at radius 3 is 2.68 bits per heavy atom. The summed E-state index contributed by atoms with van der Waals surface area (Å²) in [5.74, 6) is 0.495. The van der Waals surface area contributed by atoms with Crippen molar-refractivity contribution in [1.29, 1.82) is 0 Å². The molecule has 4 aromatic rings. The van der Waals surface area contributed by atoms with E-state index in [1.807, 2.05) is 60.1 Å². The Morgan fingerprint density at radius 2 is 1.89 bits per heavy atom. The van der Waals surface area contributed by atoms with Crippen LogP contribution in [0, 0.1) is 6.92 Å². The Hall–Kier alpha value is -3.47. The second-order valence-corrected chi connectivity index (χ2v) is 7.31. The summed E-state index contributed by atoms with van der Waals surface area (Å²) in [6.07, 6.45) is 4.22. The average molecular weight is 368 g/mol. The number of aromatic nitrogens is 3. The zero-order chi connectivity index (χ0) is 19.1. The van der Waals surface area contributed by atoms with Crippen molar-refractivity contribution in [3.05, 3.63) is 83.8 Å². The van der Waals surface area contributed by atoms with Gasteiger partial charge >= 0.3 is 0 Å². The van der Waals surface area contributed by atoms with Crippen molar-refractivity contribution in [1.82, 2.24) is 14.8 Å². The summed E-state index contributed by atoms with van der Waals surface area (Å²) in [4.78, 5) is 16.9. The third-order valence-corrected chi connectivity index (χ3v) is 5.09. The normalized spacial score (nSPS) is 13.6. The van der Waals surface area contributed by atoms with Gasteiger partial charge in [0, 0.05) is 34.4 Å². The lowest BCUT2D eigenvalue weighted by molar-refractivity contribution is 0.102. The highest BCUT2D eigenvalue weighted by Gasteiger charge is 2.28. The molecule has 5 rings (SSSR count). The van der Waals surface area contributed by atoms with E-state index < -0.39 is 0 Å². The average Bonchev–Trinajstić information content (AvgIpc) is 3.50. The zero-order valence-electron chi connectivity index (χ0n) is 15.6. The first-order valence-electron chi connectivity index (χ1n) is 9.50. The number of aryl methyl sites for hydroxylation is 1. The maximum absolute atomic E-state index is 12.6. The summed E-state index contributed by atoms with van der Waals surface area (Å²) in [6, 6.07) is 19.4. The Morgan fingerprint density at radius 1 is 1.07 bits per heavy atom. The van der Waals surface area contributed by atoms with Crippen LogP contribution in [0.2, 0.25) is 0 Å². The maximum Gasteiger partial charge on any atom is 0.255 e. The molecule has 0 aliphatic heterocycles. The highest BCUT2D eigenvalue weighted by atomic mass is 16.1. The molecule has 1 saturated carbocycles. The quantitative estimate of drug-likeness (QED) is 0.560. The third-order valence-electron chi connectivity index (χ3n) is 5.09. The molecule has 0 bridgehead atoms. The number of carbonyl (C=O) groups excluding carboxylic acids is 1. The summed E-state index contributed by atoms with van der Waals surface area (Å²) in [6.45, 7) is 2.02. The minimum Gasteiger partial charge on any atom is -0.322 e. The van der Waals surface area contributed by atoms with Crippen LogP contribution in [0.5, 0.6) is 0 Å². The summed E-state index contributed by atoms with van der Waals surface area (Å²) in [5, 5.41) is 8.55. The predicted molar refractivity (Wildman–Crippen MR) is 110 cm³/mol. The molecule has 1 N–H and O–H groups in total. The summed E-state index contributed by atoms with van der Waals surface area (Å²) >= 11 is 0. The molecule has 0 saturated heterocycles. The molecule has 2 aromatic carbocycles. The summed E-state index contributed by atoms with van der Waals surface area (Å²) in [5.41, 5.74) is 5.58. The van der Waals surface area contributed by atoms with Gasteiger partial charge in [0.2, 0.25) is 0 Å². The lowest BCUT2D eigenvalue weighted by Gasteiger charge is -2.09. The van der Waals surface area contributed by atoms with Gasteiger partial charge in [-0.25, -0.2) is 4.68 Å². The monoisotopic (exact) mass is 368 g/mol. The van der Waals surface area contributed by atoms with E-state index >= 15 is 0 Å². The van der Waals surface area contributed by atoms with Crippen molar-refractivity contribution in [3.8, 4) is 5.69 Å². The van der Waals surface area contributed by atoms with Gasteiger partial charge in [0.05, 0.1) is 16.9 Å². The number of amides is 1. The van der Waals surface area contributed by atoms with Gasteiger partial charge in [-0.2, -0.15) is 5.10 Å². The molecule has 1 aliphatic rings. The van der Waals surface area contributed by atoms with Crippen molar-refractivity contribution >= 4 is 22.5 Å². The number of carbonyl (C=O) groups is 1. The van der Waals surface area contributed by atoms with Crippen LogP contribution in [0.1, 0.15) is 40.5 Å². The van der Waals surface area contributed by atoms with Crippen LogP contribution in [-0.4, -0.2) is 20.7 Å². The first kappa shape index (κ1) is 16.7. The van der Waals surface area contributed by atoms with E-state index in [2.05, 4.69) is 21.5 Å². The van der Waals surface area contributed by atoms with E-state index in [0.717, 1.165) is 28.0 Å². The fraction of sp³-hybridized carbons (Fsp3) is 0.174. The van der Waals surface area contributed by atoms with Gasteiger partial charge in [-0.05, 0) is 74.4 Å². The van der Waals surface area contributed by atoms with Crippen LogP contribution in [0.3, 0.4) is 0 Å². The second kappa shape index (κ2) is 6.60. The zero-order valence-corrected chi connectivity index (χ0v) is 15.6. The number of fused-ring (bicyclic) bond motifs is 1. The minimum absolute atomic E-state index is 0.132. The van der Waals surface area contributed by atoms with Gasteiger partial charge in [-0.1, -0.05) is 6.07 Å². The smallest absolute Gasteiger partial charge is 0.255 e. The number of hydrogen-bond acceptors (Lipinski definition) is 3. The molecule has 0 atom stereocenters. The van der Waals surface area contributed by atoms with Crippen LogP contribution < -0.4 is 5.32 Å². The molecule has 2 aromatic heterocycles. The molecule has 5 heteroatoms. The van der Waals surface area contributed by atoms with E-state index in [-0.39, 0.29) is 5.91 Å². The van der Waals surface area contributed by atoms with E-state index in [9.17, 15) is 4.79 Å². The van der Waals surface area contributed by atoms with Gasteiger partial charge < -0.3 is 5.32 Å². The van der Waals surface area contributed by atoms with Crippen LogP contribution >= 0.6 is 0 Å². The van der Waals surface area contributed by atoms with Crippen molar-refractivity contribution in [2.45, 2.75) is 25.7 Å². The molecule has 1 fully saturated rings. The molecule has 28 heavy (non-hydrogen) atoms. The number of rotatable bonds is 4. The lowest BCUT2D eigenvalue weighted by atomic mass is 10.1. The fourth-order valence-electron chi connectivity index (χ4n) is 3.50. The summed E-state index contributed by atoms with van der Waals surface area (Å²) < 4.78 is 2.02. The van der Waals surface area contributed by atoms with Crippen LogP contribution in [0.4, 0.5) is 5.69 Å². The number of nitrogens with zero attached hydrogens (tertiary/aromatic N) is 3. The molecular formula is C23H20N4O. The Bertz CT molecular complexity index is 1170. The first-order valence-corrected chi connectivity index (χ1v) is 9.50. The standard InChI is InChI=1S/C23H20N4O/c1-15-13-22(16-4-5-16)27(26-15)20-9-7-19(8-10-20)25-23(28)18-6-11-21-17(14-18)3-2-12-24-21/h2-3,6-14,16H,4-5H2,1H3,(H,25,28). The number of hydrogen-bond donors (Lipinski definition) is 1. The predicted octanol–water partition coefficient (Wildman–Crippen LogP) is 4.86. The molecule has 1 amide bonds. The highest BCUT2D eigenvalue weighted by Crippen LogP contribution is 2.41. The first-order chi connectivity index (χ1) is 13.7. The summed E-state index contributed by atoms with van der Waals surface area (Å²) in [7, 11) is 0. The number of pyridine rings is 1. The topological polar surface area (TPSA) is 59.8 Å². The SMILES string of the molecule is Cc1cc(C2CC2)n(-c2ccc(NC(=O)c3ccc4ncccc4c3)cc2)n1. The van der Waals surface area contributed by atoms with E-state index in [1.54, 1.807) is 12.3 Å². The number of nitrogens with one attached hydrogen (secondary N) is 1. The number of benzene rings is 2. The second-order valence-electron chi connectivity index (χ2n) is 7.31. The molecule has 2 heterocycles. The van der Waals surface area contributed by atoms with Crippen molar-refractivity contribution in [2.24, 2.45) is 0 Å². The Labute approximate surface area is 163 Å². The molecule has 0 spiro atoms. The van der Waals surface area contributed by atoms with Crippen molar-refractivity contribution in [2.75, 3.05) is 5.32 Å². The van der Waals surface area contributed by atoms with Crippen molar-refractivity contribution < 1.29 is 4.79 Å². The Kier molecular flexibility index (Phi) is 3.93. The van der Waals surface area contributed by atoms with Crippen LogP contribution in [-0.2, 0) is 0 Å². The molecule has 1 aliphatic carbocycles. The van der Waals surface area contributed by atoms with E-state index in [0.29, 0.717) is 11.5 Å². The molecule has 138 valence electrons. The minimum atomic E-state index is -0.132. The molecule has 5 nitrogen and oxygen atoms in total. The Balaban J connectivity index is 1.36. The van der Waals surface area contributed by atoms with E-state index in [1.165, 1.54) is 18.5 Å². The van der Waals surface area contributed by atoms with Gasteiger partial charge in [-0.15, -0.1) is 0 Å². The van der Waals surface area contributed by atoms with Gasteiger partial charge in [0.1, 0.15) is 0 Å². The van der Waals surface area contributed by atoms with Crippen molar-refractivity contribution in [3.63, 3.8) is 0 Å². The number of anilines is 1. The van der Waals surface area contributed by atoms with Gasteiger partial charge in [0.15, 0.2) is 0 Å². The van der Waals surface area contributed by atoms with Gasteiger partial charge in [-0.3, -0.25) is 9.78 Å². The van der Waals surface area contributed by atoms with Crippen LogP contribution in [0.15, 0.2) is 66.9 Å². The lowest BCUT2D eigenvalue weighted by Crippen LogP contribution is -2.12.